The fraction of sp³-hybridized carbons (Fsp3) is 0.143. The first kappa shape index (κ1) is 19.6. The van der Waals surface area contributed by atoms with Gasteiger partial charge in [0.15, 0.2) is 11.0 Å². The second kappa shape index (κ2) is 9.66. The molecular formula is C21H21N5OS. The Hall–Kier alpha value is -3.19. The minimum atomic E-state index is -0.00432. The molecule has 0 saturated heterocycles. The van der Waals surface area contributed by atoms with Crippen LogP contribution >= 0.6 is 11.8 Å². The molecule has 0 aliphatic rings. The van der Waals surface area contributed by atoms with E-state index in [0.29, 0.717) is 24.1 Å². The van der Waals surface area contributed by atoms with Crippen molar-refractivity contribution in [2.45, 2.75) is 5.16 Å². The van der Waals surface area contributed by atoms with Crippen LogP contribution in [0.4, 0.5) is 0 Å². The third kappa shape index (κ3) is 4.55. The highest BCUT2D eigenvalue weighted by atomic mass is 32.2. The molecule has 0 spiro atoms. The van der Waals surface area contributed by atoms with Gasteiger partial charge in [-0.05, 0) is 24.3 Å². The molecule has 1 aromatic carbocycles. The molecule has 0 bridgehead atoms. The zero-order valence-electron chi connectivity index (χ0n) is 15.4. The number of benzene rings is 1. The van der Waals surface area contributed by atoms with Crippen molar-refractivity contribution < 1.29 is 4.79 Å². The van der Waals surface area contributed by atoms with Crippen LogP contribution in [0.3, 0.4) is 0 Å². The fourth-order valence-corrected chi connectivity index (χ4v) is 3.52. The average Bonchev–Trinajstić information content (AvgIpc) is 3.17. The normalized spacial score (nSPS) is 10.4. The summed E-state index contributed by atoms with van der Waals surface area (Å²) in [4.78, 5) is 18.4. The van der Waals surface area contributed by atoms with E-state index in [-0.39, 0.29) is 11.7 Å². The van der Waals surface area contributed by atoms with E-state index in [9.17, 15) is 4.79 Å². The van der Waals surface area contributed by atoms with Gasteiger partial charge in [-0.1, -0.05) is 42.1 Å². The lowest BCUT2D eigenvalue weighted by Crippen LogP contribution is -2.32. The molecule has 0 aliphatic heterocycles. The highest BCUT2D eigenvalue weighted by molar-refractivity contribution is 7.99. The molecule has 28 heavy (non-hydrogen) atoms. The van der Waals surface area contributed by atoms with E-state index in [2.05, 4.69) is 28.3 Å². The Labute approximate surface area is 168 Å². The van der Waals surface area contributed by atoms with Crippen LogP contribution in [0, 0.1) is 0 Å². The zero-order valence-corrected chi connectivity index (χ0v) is 16.3. The van der Waals surface area contributed by atoms with E-state index in [4.69, 9.17) is 0 Å². The number of carbonyl (C=O) groups is 1. The predicted molar refractivity (Wildman–Crippen MR) is 112 cm³/mol. The van der Waals surface area contributed by atoms with Crippen molar-refractivity contribution >= 4 is 17.7 Å². The Kier molecular flexibility index (Phi) is 6.75. The van der Waals surface area contributed by atoms with Crippen molar-refractivity contribution in [3.63, 3.8) is 0 Å². The van der Waals surface area contributed by atoms with Crippen LogP contribution in [0.5, 0.6) is 0 Å². The van der Waals surface area contributed by atoms with E-state index in [1.54, 1.807) is 29.4 Å². The second-order valence-electron chi connectivity index (χ2n) is 5.88. The predicted octanol–water partition coefficient (Wildman–Crippen LogP) is 3.62. The van der Waals surface area contributed by atoms with E-state index in [1.165, 1.54) is 11.8 Å². The quantitative estimate of drug-likeness (QED) is 0.412. The van der Waals surface area contributed by atoms with Crippen molar-refractivity contribution in [2.24, 2.45) is 0 Å². The Morgan fingerprint density at radius 3 is 2.46 bits per heavy atom. The van der Waals surface area contributed by atoms with Gasteiger partial charge < -0.3 is 4.90 Å². The molecule has 2 heterocycles. The average molecular weight is 392 g/mol. The molecule has 0 saturated carbocycles. The first-order valence-electron chi connectivity index (χ1n) is 8.78. The smallest absolute Gasteiger partial charge is 0.233 e. The van der Waals surface area contributed by atoms with Crippen molar-refractivity contribution in [3.05, 3.63) is 80.2 Å². The number of para-hydroxylation sites is 1. The van der Waals surface area contributed by atoms with Gasteiger partial charge in [-0.3, -0.25) is 14.3 Å². The van der Waals surface area contributed by atoms with Crippen molar-refractivity contribution in [2.75, 3.05) is 18.8 Å². The summed E-state index contributed by atoms with van der Waals surface area (Å²) >= 11 is 1.35. The van der Waals surface area contributed by atoms with Crippen LogP contribution in [-0.4, -0.2) is 49.4 Å². The molecule has 142 valence electrons. The van der Waals surface area contributed by atoms with E-state index < -0.39 is 0 Å². The fourth-order valence-electron chi connectivity index (χ4n) is 2.66. The Morgan fingerprint density at radius 1 is 1.07 bits per heavy atom. The molecule has 3 rings (SSSR count). The van der Waals surface area contributed by atoms with Crippen LogP contribution in [0.25, 0.3) is 17.1 Å². The molecule has 0 atom stereocenters. The standard InChI is InChI=1S/C21H21N5OS/c1-3-13-25(14-4-2)19(27)16-28-21-24-23-20(17-9-8-12-22-15-17)26(21)18-10-6-5-7-11-18/h3-12,15H,1-2,13-14,16H2. The number of aromatic nitrogens is 4. The summed E-state index contributed by atoms with van der Waals surface area (Å²) in [6.45, 7) is 8.38. The molecule has 2 aromatic heterocycles. The van der Waals surface area contributed by atoms with Crippen molar-refractivity contribution in [1.29, 1.82) is 0 Å². The van der Waals surface area contributed by atoms with Gasteiger partial charge in [0.05, 0.1) is 5.75 Å². The monoisotopic (exact) mass is 391 g/mol. The van der Waals surface area contributed by atoms with Gasteiger partial charge in [-0.25, -0.2) is 0 Å². The lowest BCUT2D eigenvalue weighted by molar-refractivity contribution is -0.127. The lowest BCUT2D eigenvalue weighted by atomic mass is 10.2. The maximum Gasteiger partial charge on any atom is 0.233 e. The Morgan fingerprint density at radius 2 is 1.82 bits per heavy atom. The van der Waals surface area contributed by atoms with E-state index >= 15 is 0 Å². The number of amides is 1. The number of rotatable bonds is 9. The maximum atomic E-state index is 12.6. The molecule has 7 heteroatoms. The van der Waals surface area contributed by atoms with Crippen LogP contribution in [0.2, 0.25) is 0 Å². The van der Waals surface area contributed by atoms with Gasteiger partial charge in [0.2, 0.25) is 5.91 Å². The largest absolute Gasteiger partial charge is 0.335 e. The minimum absolute atomic E-state index is 0.00432. The number of carbonyl (C=O) groups excluding carboxylic acids is 1. The van der Waals surface area contributed by atoms with Gasteiger partial charge in [0.25, 0.3) is 0 Å². The molecule has 3 aromatic rings. The molecule has 0 aliphatic carbocycles. The number of nitrogens with zero attached hydrogens (tertiary/aromatic N) is 5. The third-order valence-corrected chi connectivity index (χ3v) is 4.86. The maximum absolute atomic E-state index is 12.6. The van der Waals surface area contributed by atoms with Crippen LogP contribution in [-0.2, 0) is 4.79 Å². The summed E-state index contributed by atoms with van der Waals surface area (Å²) in [7, 11) is 0. The molecule has 0 fully saturated rings. The number of pyridine rings is 1. The van der Waals surface area contributed by atoms with Gasteiger partial charge in [0, 0.05) is 36.7 Å². The molecule has 1 amide bonds. The molecule has 6 nitrogen and oxygen atoms in total. The minimum Gasteiger partial charge on any atom is -0.335 e. The highest BCUT2D eigenvalue weighted by Crippen LogP contribution is 2.27. The molecule has 0 radical (unpaired) electrons. The summed E-state index contributed by atoms with van der Waals surface area (Å²) in [6, 6.07) is 13.6. The Bertz CT molecular complexity index is 930. The zero-order chi connectivity index (χ0) is 19.8. The van der Waals surface area contributed by atoms with E-state index in [1.807, 2.05) is 47.0 Å². The summed E-state index contributed by atoms with van der Waals surface area (Å²) < 4.78 is 1.94. The van der Waals surface area contributed by atoms with Gasteiger partial charge in [-0.2, -0.15) is 0 Å². The summed E-state index contributed by atoms with van der Waals surface area (Å²) in [6.07, 6.45) is 6.88. The van der Waals surface area contributed by atoms with Gasteiger partial charge >= 0.3 is 0 Å². The van der Waals surface area contributed by atoms with Crippen molar-refractivity contribution in [3.8, 4) is 17.1 Å². The third-order valence-electron chi connectivity index (χ3n) is 3.94. The van der Waals surface area contributed by atoms with E-state index in [0.717, 1.165) is 11.3 Å². The molecular weight excluding hydrogens is 370 g/mol. The van der Waals surface area contributed by atoms with Crippen LogP contribution in [0.15, 0.2) is 85.3 Å². The van der Waals surface area contributed by atoms with Gasteiger partial charge in [0.1, 0.15) is 0 Å². The summed E-state index contributed by atoms with van der Waals surface area (Å²) in [5.41, 5.74) is 1.78. The van der Waals surface area contributed by atoms with Gasteiger partial charge in [-0.15, -0.1) is 23.4 Å². The number of hydrogen-bond donors (Lipinski definition) is 0. The van der Waals surface area contributed by atoms with Crippen LogP contribution < -0.4 is 0 Å². The summed E-state index contributed by atoms with van der Waals surface area (Å²) in [5, 5.41) is 9.33. The number of thioether (sulfide) groups is 1. The van der Waals surface area contributed by atoms with Crippen molar-refractivity contribution in [1.82, 2.24) is 24.6 Å². The number of hydrogen-bond acceptors (Lipinski definition) is 5. The van der Waals surface area contributed by atoms with Crippen LogP contribution in [0.1, 0.15) is 0 Å². The first-order valence-corrected chi connectivity index (χ1v) is 9.76. The highest BCUT2D eigenvalue weighted by Gasteiger charge is 2.18. The molecule has 0 unspecified atom stereocenters. The first-order chi connectivity index (χ1) is 13.7. The summed E-state index contributed by atoms with van der Waals surface area (Å²) in [5.74, 6) is 0.929. The topological polar surface area (TPSA) is 63.9 Å². The molecule has 0 N–H and O–H groups in total. The lowest BCUT2D eigenvalue weighted by Gasteiger charge is -2.19. The Balaban J connectivity index is 1.89. The SMILES string of the molecule is C=CCN(CC=C)C(=O)CSc1nnc(-c2cccnc2)n1-c1ccccc1. The second-order valence-corrected chi connectivity index (χ2v) is 6.83.